The Morgan fingerprint density at radius 3 is 2.61 bits per heavy atom. The van der Waals surface area contributed by atoms with Gasteiger partial charge in [-0.25, -0.2) is 13.4 Å². The van der Waals surface area contributed by atoms with E-state index >= 15 is 0 Å². The van der Waals surface area contributed by atoms with Crippen molar-refractivity contribution in [1.29, 1.82) is 0 Å². The van der Waals surface area contributed by atoms with E-state index in [9.17, 15) is 13.2 Å². The minimum atomic E-state index is -3.57. The van der Waals surface area contributed by atoms with Crippen LogP contribution in [-0.4, -0.2) is 50.8 Å². The van der Waals surface area contributed by atoms with Crippen LogP contribution in [0.4, 0.5) is 5.82 Å². The Morgan fingerprint density at radius 1 is 1.21 bits per heavy atom. The molecule has 0 radical (unpaired) electrons. The maximum Gasteiger partial charge on any atom is 0.243 e. The molecule has 3 rings (SSSR count). The van der Waals surface area contributed by atoms with Gasteiger partial charge in [0, 0.05) is 39.9 Å². The first-order valence-electron chi connectivity index (χ1n) is 9.33. The van der Waals surface area contributed by atoms with Crippen molar-refractivity contribution in [2.24, 2.45) is 5.92 Å². The molecule has 0 saturated carbocycles. The number of aromatic nitrogens is 1. The number of hydrogen-bond acceptors (Lipinski definition) is 5. The number of pyridine rings is 1. The van der Waals surface area contributed by atoms with Crippen LogP contribution in [0.3, 0.4) is 0 Å². The quantitative estimate of drug-likeness (QED) is 0.798. The first-order valence-corrected chi connectivity index (χ1v) is 10.8. The number of carbonyl (C=O) groups is 1. The zero-order valence-corrected chi connectivity index (χ0v) is 17.0. The van der Waals surface area contributed by atoms with E-state index in [-0.39, 0.29) is 23.3 Å². The predicted molar refractivity (Wildman–Crippen MR) is 108 cm³/mol. The van der Waals surface area contributed by atoms with Gasteiger partial charge >= 0.3 is 0 Å². The Kier molecular flexibility index (Phi) is 6.31. The van der Waals surface area contributed by atoms with E-state index in [1.807, 2.05) is 31.1 Å². The van der Waals surface area contributed by atoms with E-state index in [4.69, 9.17) is 0 Å². The molecule has 28 heavy (non-hydrogen) atoms. The molecule has 0 spiro atoms. The van der Waals surface area contributed by atoms with Gasteiger partial charge in [0.05, 0.1) is 10.8 Å². The maximum absolute atomic E-state index is 12.8. The molecule has 1 amide bonds. The lowest BCUT2D eigenvalue weighted by Crippen LogP contribution is -2.45. The van der Waals surface area contributed by atoms with Gasteiger partial charge in [0.15, 0.2) is 0 Å². The number of piperidine rings is 1. The Hall–Kier alpha value is -2.45. The number of nitrogens with one attached hydrogen (secondary N) is 1. The summed E-state index contributed by atoms with van der Waals surface area (Å²) in [5, 5.41) is 2.92. The lowest BCUT2D eigenvalue weighted by Gasteiger charge is -2.31. The van der Waals surface area contributed by atoms with Gasteiger partial charge in [-0.2, -0.15) is 4.31 Å². The summed E-state index contributed by atoms with van der Waals surface area (Å²) in [7, 11) is 0.268. The van der Waals surface area contributed by atoms with Gasteiger partial charge in [0.25, 0.3) is 0 Å². The summed E-state index contributed by atoms with van der Waals surface area (Å²) in [6.07, 6.45) is 3.09. The fraction of sp³-hybridized carbons (Fsp3) is 0.400. The fourth-order valence-corrected chi connectivity index (χ4v) is 4.78. The number of rotatable bonds is 6. The van der Waals surface area contributed by atoms with Gasteiger partial charge in [0.1, 0.15) is 5.82 Å². The van der Waals surface area contributed by atoms with E-state index in [0.29, 0.717) is 25.9 Å². The predicted octanol–water partition coefficient (Wildman–Crippen LogP) is 1.86. The Labute approximate surface area is 166 Å². The van der Waals surface area contributed by atoms with E-state index < -0.39 is 10.0 Å². The molecule has 1 atom stereocenters. The van der Waals surface area contributed by atoms with Gasteiger partial charge in [-0.15, -0.1) is 0 Å². The third kappa shape index (κ3) is 4.69. The molecule has 8 heteroatoms. The van der Waals surface area contributed by atoms with E-state index in [2.05, 4.69) is 10.3 Å². The SMILES string of the molecule is CN(C)c1ccc(CNC(=O)C2CCCN(S(=O)(=O)c3ccccc3)C2)cn1. The molecule has 0 aliphatic carbocycles. The number of amides is 1. The summed E-state index contributed by atoms with van der Waals surface area (Å²) in [4.78, 5) is 19.1. The van der Waals surface area contributed by atoms with Crippen LogP contribution in [0.5, 0.6) is 0 Å². The highest BCUT2D eigenvalue weighted by molar-refractivity contribution is 7.89. The number of anilines is 1. The lowest BCUT2D eigenvalue weighted by molar-refractivity contribution is -0.126. The highest BCUT2D eigenvalue weighted by Crippen LogP contribution is 2.24. The summed E-state index contributed by atoms with van der Waals surface area (Å²) in [5.74, 6) is 0.384. The second kappa shape index (κ2) is 8.70. The summed E-state index contributed by atoms with van der Waals surface area (Å²) in [5.41, 5.74) is 0.906. The molecule has 2 aromatic rings. The van der Waals surface area contributed by atoms with Crippen LogP contribution in [-0.2, 0) is 21.4 Å². The topological polar surface area (TPSA) is 82.6 Å². The lowest BCUT2D eigenvalue weighted by atomic mass is 9.99. The molecule has 7 nitrogen and oxygen atoms in total. The van der Waals surface area contributed by atoms with Crippen LogP contribution in [0.15, 0.2) is 53.6 Å². The zero-order chi connectivity index (χ0) is 20.1. The van der Waals surface area contributed by atoms with Crippen molar-refractivity contribution >= 4 is 21.7 Å². The van der Waals surface area contributed by atoms with Crippen molar-refractivity contribution in [2.45, 2.75) is 24.3 Å². The minimum Gasteiger partial charge on any atom is -0.363 e. The summed E-state index contributed by atoms with van der Waals surface area (Å²) in [6.45, 7) is 1.03. The number of sulfonamides is 1. The van der Waals surface area contributed by atoms with Crippen molar-refractivity contribution in [2.75, 3.05) is 32.1 Å². The van der Waals surface area contributed by atoms with Crippen molar-refractivity contribution in [3.05, 3.63) is 54.2 Å². The molecule has 1 fully saturated rings. The van der Waals surface area contributed by atoms with Crippen LogP contribution < -0.4 is 10.2 Å². The van der Waals surface area contributed by atoms with Gasteiger partial charge in [-0.3, -0.25) is 4.79 Å². The molecule has 1 aliphatic rings. The molecule has 150 valence electrons. The second-order valence-electron chi connectivity index (χ2n) is 7.15. The van der Waals surface area contributed by atoms with Crippen molar-refractivity contribution in [3.63, 3.8) is 0 Å². The van der Waals surface area contributed by atoms with Crippen LogP contribution in [0.1, 0.15) is 18.4 Å². The number of nitrogens with zero attached hydrogens (tertiary/aromatic N) is 3. The Bertz CT molecular complexity index is 899. The van der Waals surface area contributed by atoms with Crippen molar-refractivity contribution < 1.29 is 13.2 Å². The highest BCUT2D eigenvalue weighted by Gasteiger charge is 2.33. The van der Waals surface area contributed by atoms with Crippen LogP contribution in [0, 0.1) is 5.92 Å². The first-order chi connectivity index (χ1) is 13.4. The average molecular weight is 403 g/mol. The molecular formula is C20H26N4O3S. The van der Waals surface area contributed by atoms with Gasteiger partial charge in [-0.05, 0) is 36.6 Å². The van der Waals surface area contributed by atoms with E-state index in [1.165, 1.54) is 4.31 Å². The van der Waals surface area contributed by atoms with Crippen molar-refractivity contribution in [3.8, 4) is 0 Å². The number of hydrogen-bond donors (Lipinski definition) is 1. The molecule has 1 aromatic heterocycles. The third-order valence-electron chi connectivity index (χ3n) is 4.87. The number of carbonyl (C=O) groups excluding carboxylic acids is 1. The Balaban J connectivity index is 1.60. The average Bonchev–Trinajstić information content (AvgIpc) is 2.73. The second-order valence-corrected chi connectivity index (χ2v) is 9.09. The largest absolute Gasteiger partial charge is 0.363 e. The van der Waals surface area contributed by atoms with Gasteiger partial charge in [0.2, 0.25) is 15.9 Å². The highest BCUT2D eigenvalue weighted by atomic mass is 32.2. The summed E-state index contributed by atoms with van der Waals surface area (Å²) in [6, 6.07) is 12.2. The monoisotopic (exact) mass is 402 g/mol. The summed E-state index contributed by atoms with van der Waals surface area (Å²) >= 11 is 0. The normalized spacial score (nSPS) is 17.9. The maximum atomic E-state index is 12.8. The zero-order valence-electron chi connectivity index (χ0n) is 16.2. The molecule has 1 N–H and O–H groups in total. The van der Waals surface area contributed by atoms with Gasteiger partial charge < -0.3 is 10.2 Å². The molecular weight excluding hydrogens is 376 g/mol. The minimum absolute atomic E-state index is 0.121. The molecule has 1 saturated heterocycles. The van der Waals surface area contributed by atoms with Crippen molar-refractivity contribution in [1.82, 2.24) is 14.6 Å². The smallest absolute Gasteiger partial charge is 0.243 e. The summed E-state index contributed by atoms with van der Waals surface area (Å²) < 4.78 is 27.0. The van der Waals surface area contributed by atoms with Crippen LogP contribution in [0.2, 0.25) is 0 Å². The molecule has 0 bridgehead atoms. The molecule has 1 aromatic carbocycles. The fourth-order valence-electron chi connectivity index (χ4n) is 3.24. The van der Waals surface area contributed by atoms with E-state index in [1.54, 1.807) is 36.5 Å². The molecule has 1 aliphatic heterocycles. The van der Waals surface area contributed by atoms with Crippen LogP contribution >= 0.6 is 0 Å². The standard InChI is InChI=1S/C20H26N4O3S/c1-23(2)19-11-10-16(13-21-19)14-22-20(25)17-7-6-12-24(15-17)28(26,27)18-8-4-3-5-9-18/h3-5,8-11,13,17H,6-7,12,14-15H2,1-2H3,(H,22,25). The third-order valence-corrected chi connectivity index (χ3v) is 6.75. The van der Waals surface area contributed by atoms with E-state index in [0.717, 1.165) is 11.4 Å². The molecule has 1 unspecified atom stereocenters. The Morgan fingerprint density at radius 2 is 1.96 bits per heavy atom. The first kappa shape index (κ1) is 20.3. The molecule has 2 heterocycles. The number of benzene rings is 1. The van der Waals surface area contributed by atoms with Gasteiger partial charge in [-0.1, -0.05) is 24.3 Å². The van der Waals surface area contributed by atoms with Crippen LogP contribution in [0.25, 0.3) is 0 Å².